The van der Waals surface area contributed by atoms with Crippen LogP contribution in [0.3, 0.4) is 0 Å². The quantitative estimate of drug-likeness (QED) is 0.420. The fourth-order valence-electron chi connectivity index (χ4n) is 6.36. The van der Waals surface area contributed by atoms with Crippen LogP contribution in [0.25, 0.3) is 0 Å². The first-order chi connectivity index (χ1) is 19.3. The van der Waals surface area contributed by atoms with Gasteiger partial charge in [0.1, 0.15) is 6.10 Å². The molecule has 0 amide bonds. The normalized spacial score (nSPS) is 35.7. The summed E-state index contributed by atoms with van der Waals surface area (Å²) in [5.74, 6) is 0. The van der Waals surface area contributed by atoms with Gasteiger partial charge in [-0.15, -0.1) is 0 Å². The number of hydrogen-bond acceptors (Lipinski definition) is 6. The molecule has 2 aromatic carbocycles. The number of ether oxygens (including phenoxy) is 6. The van der Waals surface area contributed by atoms with Crippen molar-refractivity contribution >= 4 is 0 Å². The summed E-state index contributed by atoms with van der Waals surface area (Å²) in [6.07, 6.45) is 10.7. The van der Waals surface area contributed by atoms with Crippen LogP contribution in [-0.2, 0) is 41.6 Å². The van der Waals surface area contributed by atoms with E-state index >= 15 is 0 Å². The van der Waals surface area contributed by atoms with Gasteiger partial charge in [-0.2, -0.15) is 0 Å². The first-order valence-electron chi connectivity index (χ1n) is 14.8. The summed E-state index contributed by atoms with van der Waals surface area (Å²) in [5, 5.41) is 0. The molecule has 3 saturated heterocycles. The number of benzene rings is 2. The Morgan fingerprint density at radius 2 is 1.38 bits per heavy atom. The van der Waals surface area contributed by atoms with Crippen molar-refractivity contribution < 1.29 is 28.4 Å². The summed E-state index contributed by atoms with van der Waals surface area (Å²) in [5.41, 5.74) is 2.34. The molecular weight excluding hydrogens is 492 g/mol. The van der Waals surface area contributed by atoms with Crippen LogP contribution < -0.4 is 0 Å². The Bertz CT molecular complexity index is 1030. The zero-order valence-corrected chi connectivity index (χ0v) is 22.8. The fourth-order valence-corrected chi connectivity index (χ4v) is 6.36. The van der Waals surface area contributed by atoms with Crippen LogP contribution in [0.2, 0.25) is 0 Å². The van der Waals surface area contributed by atoms with Gasteiger partial charge in [0, 0.05) is 13.0 Å². The second-order valence-electron chi connectivity index (χ2n) is 11.3. The maximum atomic E-state index is 6.84. The number of fused-ring (bicyclic) bond motifs is 3. The highest BCUT2D eigenvalue weighted by atomic mass is 16.6. The molecule has 4 aliphatic heterocycles. The van der Waals surface area contributed by atoms with Crippen LogP contribution in [-0.4, -0.2) is 62.0 Å². The van der Waals surface area contributed by atoms with E-state index in [9.17, 15) is 0 Å². The third-order valence-corrected chi connectivity index (χ3v) is 8.44. The van der Waals surface area contributed by atoms with E-state index in [0.717, 1.165) is 57.1 Å². The minimum Gasteiger partial charge on any atom is -0.375 e. The van der Waals surface area contributed by atoms with E-state index in [1.165, 1.54) is 5.56 Å². The third kappa shape index (κ3) is 7.18. The second kappa shape index (κ2) is 13.5. The van der Waals surface area contributed by atoms with Crippen molar-refractivity contribution in [2.24, 2.45) is 0 Å². The molecule has 6 nitrogen and oxygen atoms in total. The van der Waals surface area contributed by atoms with Gasteiger partial charge in [-0.3, -0.25) is 0 Å². The molecule has 6 rings (SSSR count). The molecule has 6 heteroatoms. The number of hydrogen-bond donors (Lipinski definition) is 0. The van der Waals surface area contributed by atoms with Crippen LogP contribution in [0.15, 0.2) is 72.8 Å². The topological polar surface area (TPSA) is 55.4 Å². The molecule has 0 radical (unpaired) electrons. The van der Waals surface area contributed by atoms with Gasteiger partial charge < -0.3 is 28.4 Å². The largest absolute Gasteiger partial charge is 0.375 e. The van der Waals surface area contributed by atoms with Gasteiger partial charge in [-0.25, -0.2) is 0 Å². The Labute approximate surface area is 232 Å². The van der Waals surface area contributed by atoms with Crippen molar-refractivity contribution in [3.8, 4) is 0 Å². The average molecular weight is 535 g/mol. The van der Waals surface area contributed by atoms with Gasteiger partial charge in [0.15, 0.2) is 0 Å². The zero-order chi connectivity index (χ0) is 26.3. The van der Waals surface area contributed by atoms with E-state index in [4.69, 9.17) is 28.4 Å². The van der Waals surface area contributed by atoms with E-state index in [1.807, 2.05) is 24.3 Å². The van der Waals surface area contributed by atoms with E-state index in [-0.39, 0.29) is 48.8 Å². The standard InChI is InChI=1S/C33H42O6/c1-3-10-24(11-4-1)21-34-23-26-17-18-30-33(37-26)32(36-22-25-12-5-2-6-13-25)20-31-29(38-30)15-8-7-14-27-28(39-31)16-9-19-35-27/h1-8,10-13,26-33H,9,14-23H2/b8-7-/t26-,27+,28-,29-,30+,31+,32+,33-/m0/s1. The first kappa shape index (κ1) is 27.1. The molecular formula is C33H42O6. The lowest BCUT2D eigenvalue weighted by atomic mass is 9.95. The van der Waals surface area contributed by atoms with Crippen molar-refractivity contribution in [3.05, 3.63) is 83.9 Å². The highest BCUT2D eigenvalue weighted by Gasteiger charge is 2.46. The second-order valence-corrected chi connectivity index (χ2v) is 11.3. The molecule has 4 heterocycles. The van der Waals surface area contributed by atoms with E-state index in [2.05, 4.69) is 48.6 Å². The molecule has 0 bridgehead atoms. The van der Waals surface area contributed by atoms with Crippen LogP contribution in [0.4, 0.5) is 0 Å². The van der Waals surface area contributed by atoms with Gasteiger partial charge in [0.05, 0.1) is 62.5 Å². The smallest absolute Gasteiger partial charge is 0.110 e. The Hall–Kier alpha value is -2.06. The van der Waals surface area contributed by atoms with Crippen molar-refractivity contribution in [2.75, 3.05) is 13.2 Å². The molecule has 8 atom stereocenters. The van der Waals surface area contributed by atoms with Gasteiger partial charge in [0.2, 0.25) is 0 Å². The highest BCUT2D eigenvalue weighted by Crippen LogP contribution is 2.37. The maximum absolute atomic E-state index is 6.84. The Kier molecular flexibility index (Phi) is 9.41. The van der Waals surface area contributed by atoms with E-state index in [1.54, 1.807) is 0 Å². The molecule has 4 aliphatic rings. The van der Waals surface area contributed by atoms with E-state index < -0.39 is 0 Å². The lowest BCUT2D eigenvalue weighted by molar-refractivity contribution is -0.200. The maximum Gasteiger partial charge on any atom is 0.110 e. The monoisotopic (exact) mass is 534 g/mol. The Balaban J connectivity index is 1.17. The van der Waals surface area contributed by atoms with E-state index in [0.29, 0.717) is 19.8 Å². The molecule has 0 saturated carbocycles. The molecule has 0 unspecified atom stereocenters. The van der Waals surface area contributed by atoms with Crippen molar-refractivity contribution in [1.82, 2.24) is 0 Å². The van der Waals surface area contributed by atoms with Crippen molar-refractivity contribution in [3.63, 3.8) is 0 Å². The van der Waals surface area contributed by atoms with Gasteiger partial charge >= 0.3 is 0 Å². The minimum atomic E-state index is -0.158. The van der Waals surface area contributed by atoms with Crippen LogP contribution in [0.5, 0.6) is 0 Å². The predicted molar refractivity (Wildman–Crippen MR) is 148 cm³/mol. The molecule has 3 fully saturated rings. The van der Waals surface area contributed by atoms with Crippen molar-refractivity contribution in [2.45, 2.75) is 107 Å². The lowest BCUT2D eigenvalue weighted by Crippen LogP contribution is -2.48. The van der Waals surface area contributed by atoms with Gasteiger partial charge in [0.25, 0.3) is 0 Å². The predicted octanol–water partition coefficient (Wildman–Crippen LogP) is 5.78. The molecule has 0 aromatic heterocycles. The summed E-state index contributed by atoms with van der Waals surface area (Å²) < 4.78 is 39.2. The highest BCUT2D eigenvalue weighted by molar-refractivity contribution is 5.14. The lowest BCUT2D eigenvalue weighted by Gasteiger charge is -2.39. The summed E-state index contributed by atoms with van der Waals surface area (Å²) in [4.78, 5) is 0. The molecule has 0 N–H and O–H groups in total. The summed E-state index contributed by atoms with van der Waals surface area (Å²) in [6.45, 7) is 2.52. The Morgan fingerprint density at radius 3 is 2.18 bits per heavy atom. The van der Waals surface area contributed by atoms with Gasteiger partial charge in [-0.05, 0) is 49.7 Å². The zero-order valence-electron chi connectivity index (χ0n) is 22.8. The molecule has 2 aromatic rings. The molecule has 0 aliphatic carbocycles. The summed E-state index contributed by atoms with van der Waals surface area (Å²) in [7, 11) is 0. The molecule has 0 spiro atoms. The number of rotatable bonds is 7. The molecule has 39 heavy (non-hydrogen) atoms. The third-order valence-electron chi connectivity index (χ3n) is 8.44. The summed E-state index contributed by atoms with van der Waals surface area (Å²) in [6, 6.07) is 20.7. The van der Waals surface area contributed by atoms with Crippen molar-refractivity contribution in [1.29, 1.82) is 0 Å². The van der Waals surface area contributed by atoms with Crippen LogP contribution >= 0.6 is 0 Å². The SMILES string of the molecule is C1=C\C[C@H]2OCCC[C@@H]2O[C@@H]2C[C@@H](OCc3ccccc3)[C@H]3O[C@H](COCc4ccccc4)CC[C@H]3O[C@H]2C/1. The van der Waals surface area contributed by atoms with Crippen LogP contribution in [0, 0.1) is 0 Å². The first-order valence-corrected chi connectivity index (χ1v) is 14.8. The molecule has 210 valence electrons. The summed E-state index contributed by atoms with van der Waals surface area (Å²) >= 11 is 0. The van der Waals surface area contributed by atoms with Gasteiger partial charge in [-0.1, -0.05) is 72.8 Å². The minimum absolute atomic E-state index is 0.0192. The Morgan fingerprint density at radius 1 is 0.667 bits per heavy atom. The van der Waals surface area contributed by atoms with Crippen LogP contribution in [0.1, 0.15) is 56.1 Å². The fraction of sp³-hybridized carbons (Fsp3) is 0.576. The average Bonchev–Trinajstić information content (AvgIpc) is 3.06.